The Kier molecular flexibility index (Phi) is 5.36. The largest absolute Gasteiger partial charge is 0.461 e. The maximum absolute atomic E-state index is 11.2. The molecule has 0 amide bonds. The summed E-state index contributed by atoms with van der Waals surface area (Å²) in [6, 6.07) is 0. The quantitative estimate of drug-likeness (QED) is 0.541. The fraction of sp³-hybridized carbons (Fsp3) is 0.727. The predicted octanol–water partition coefficient (Wildman–Crippen LogP) is 0.401. The van der Waals surface area contributed by atoms with Crippen molar-refractivity contribution in [2.24, 2.45) is 0 Å². The molecule has 0 aromatic heterocycles. The molecule has 0 unspecified atom stereocenters. The molecule has 0 spiro atoms. The lowest BCUT2D eigenvalue weighted by Gasteiger charge is -2.26. The SMILES string of the molecule is CC(C)=CC(=O)OCCN1CCNCC1. The monoisotopic (exact) mass is 212 g/mol. The lowest BCUT2D eigenvalue weighted by Crippen LogP contribution is -2.44. The lowest BCUT2D eigenvalue weighted by molar-refractivity contribution is -0.138. The van der Waals surface area contributed by atoms with Gasteiger partial charge in [-0.05, 0) is 13.8 Å². The van der Waals surface area contributed by atoms with Crippen molar-refractivity contribution in [1.29, 1.82) is 0 Å². The molecule has 86 valence electrons. The Balaban J connectivity index is 2.10. The van der Waals surface area contributed by atoms with Gasteiger partial charge in [0.05, 0.1) is 0 Å². The van der Waals surface area contributed by atoms with Crippen LogP contribution in [0.5, 0.6) is 0 Å². The predicted molar refractivity (Wildman–Crippen MR) is 59.7 cm³/mol. The summed E-state index contributed by atoms with van der Waals surface area (Å²) in [5.74, 6) is -0.231. The van der Waals surface area contributed by atoms with Gasteiger partial charge in [-0.3, -0.25) is 4.90 Å². The molecule has 1 rings (SSSR count). The molecule has 0 aliphatic carbocycles. The van der Waals surface area contributed by atoms with Crippen LogP contribution >= 0.6 is 0 Å². The zero-order chi connectivity index (χ0) is 11.1. The fourth-order valence-corrected chi connectivity index (χ4v) is 1.49. The first kappa shape index (κ1) is 12.2. The van der Waals surface area contributed by atoms with Gasteiger partial charge in [-0.2, -0.15) is 0 Å². The van der Waals surface area contributed by atoms with E-state index < -0.39 is 0 Å². The van der Waals surface area contributed by atoms with Crippen LogP contribution in [0.3, 0.4) is 0 Å². The van der Waals surface area contributed by atoms with Gasteiger partial charge in [0.15, 0.2) is 0 Å². The molecule has 1 aliphatic rings. The first-order chi connectivity index (χ1) is 7.18. The molecule has 15 heavy (non-hydrogen) atoms. The molecule has 4 nitrogen and oxygen atoms in total. The summed E-state index contributed by atoms with van der Waals surface area (Å²) in [6.45, 7) is 9.24. The van der Waals surface area contributed by atoms with Gasteiger partial charge in [-0.15, -0.1) is 0 Å². The third-order valence-electron chi connectivity index (χ3n) is 2.27. The Labute approximate surface area is 91.3 Å². The second kappa shape index (κ2) is 6.58. The van der Waals surface area contributed by atoms with Gasteiger partial charge in [0, 0.05) is 38.8 Å². The highest BCUT2D eigenvalue weighted by atomic mass is 16.5. The minimum atomic E-state index is -0.231. The fourth-order valence-electron chi connectivity index (χ4n) is 1.49. The molecule has 0 bridgehead atoms. The van der Waals surface area contributed by atoms with E-state index >= 15 is 0 Å². The third kappa shape index (κ3) is 5.54. The number of rotatable bonds is 4. The average molecular weight is 212 g/mol. The van der Waals surface area contributed by atoms with Crippen LogP contribution in [0.1, 0.15) is 13.8 Å². The normalized spacial score (nSPS) is 17.2. The standard InChI is InChI=1S/C11H20N2O2/c1-10(2)9-11(14)15-8-7-13-5-3-12-4-6-13/h9,12H,3-8H2,1-2H3. The van der Waals surface area contributed by atoms with Crippen molar-refractivity contribution >= 4 is 5.97 Å². The summed E-state index contributed by atoms with van der Waals surface area (Å²) in [5, 5.41) is 3.28. The number of carbonyl (C=O) groups excluding carboxylic acids is 1. The molecule has 0 aromatic carbocycles. The van der Waals surface area contributed by atoms with Crippen LogP contribution in [-0.4, -0.2) is 50.2 Å². The number of hydrogen-bond donors (Lipinski definition) is 1. The lowest BCUT2D eigenvalue weighted by atomic mass is 10.3. The molecule has 4 heteroatoms. The Hall–Kier alpha value is -0.870. The average Bonchev–Trinajstić information content (AvgIpc) is 2.18. The van der Waals surface area contributed by atoms with E-state index in [1.165, 1.54) is 6.08 Å². The van der Waals surface area contributed by atoms with Crippen LogP contribution in [0.25, 0.3) is 0 Å². The van der Waals surface area contributed by atoms with Crippen molar-refractivity contribution in [3.8, 4) is 0 Å². The third-order valence-corrected chi connectivity index (χ3v) is 2.27. The van der Waals surface area contributed by atoms with Crippen molar-refractivity contribution in [3.63, 3.8) is 0 Å². The van der Waals surface area contributed by atoms with Gasteiger partial charge >= 0.3 is 5.97 Å². The highest BCUT2D eigenvalue weighted by Gasteiger charge is 2.09. The van der Waals surface area contributed by atoms with Gasteiger partial charge in [0.2, 0.25) is 0 Å². The maximum atomic E-state index is 11.2. The van der Waals surface area contributed by atoms with E-state index in [-0.39, 0.29) is 5.97 Å². The van der Waals surface area contributed by atoms with Crippen molar-refractivity contribution in [2.45, 2.75) is 13.8 Å². The summed E-state index contributed by atoms with van der Waals surface area (Å²) in [7, 11) is 0. The summed E-state index contributed by atoms with van der Waals surface area (Å²) in [5.41, 5.74) is 0.974. The molecule has 0 saturated carbocycles. The molecule has 0 radical (unpaired) electrons. The van der Waals surface area contributed by atoms with Gasteiger partial charge in [0.25, 0.3) is 0 Å². The van der Waals surface area contributed by atoms with E-state index in [2.05, 4.69) is 10.2 Å². The van der Waals surface area contributed by atoms with Crippen LogP contribution in [-0.2, 0) is 9.53 Å². The second-order valence-electron chi connectivity index (χ2n) is 3.98. The van der Waals surface area contributed by atoms with Gasteiger partial charge in [0.1, 0.15) is 6.61 Å². The zero-order valence-electron chi connectivity index (χ0n) is 9.58. The number of esters is 1. The number of allylic oxidation sites excluding steroid dienone is 1. The highest BCUT2D eigenvalue weighted by molar-refractivity contribution is 5.82. The van der Waals surface area contributed by atoms with Gasteiger partial charge in [-0.1, -0.05) is 5.57 Å². The van der Waals surface area contributed by atoms with E-state index in [1.54, 1.807) is 0 Å². The minimum Gasteiger partial charge on any atom is -0.461 e. The molecule has 1 fully saturated rings. The Morgan fingerprint density at radius 1 is 1.40 bits per heavy atom. The molecular formula is C11H20N2O2. The number of piperazine rings is 1. The van der Waals surface area contributed by atoms with E-state index in [1.807, 2.05) is 13.8 Å². The topological polar surface area (TPSA) is 41.6 Å². The number of nitrogens with zero attached hydrogens (tertiary/aromatic N) is 1. The molecule has 1 heterocycles. The Bertz CT molecular complexity index is 229. The second-order valence-corrected chi connectivity index (χ2v) is 3.98. The van der Waals surface area contributed by atoms with Crippen LogP contribution < -0.4 is 5.32 Å². The van der Waals surface area contributed by atoms with Gasteiger partial charge < -0.3 is 10.1 Å². The van der Waals surface area contributed by atoms with Crippen LogP contribution in [0.4, 0.5) is 0 Å². The molecular weight excluding hydrogens is 192 g/mol. The maximum Gasteiger partial charge on any atom is 0.330 e. The van der Waals surface area contributed by atoms with Crippen LogP contribution in [0.15, 0.2) is 11.6 Å². The number of ether oxygens (including phenoxy) is 1. The van der Waals surface area contributed by atoms with Crippen molar-refractivity contribution in [3.05, 3.63) is 11.6 Å². The highest BCUT2D eigenvalue weighted by Crippen LogP contribution is 1.94. The molecule has 0 aromatic rings. The van der Waals surface area contributed by atoms with Gasteiger partial charge in [-0.25, -0.2) is 4.79 Å². The summed E-state index contributed by atoms with van der Waals surface area (Å²) >= 11 is 0. The summed E-state index contributed by atoms with van der Waals surface area (Å²) in [4.78, 5) is 13.5. The summed E-state index contributed by atoms with van der Waals surface area (Å²) in [6.07, 6.45) is 1.53. The number of carbonyl (C=O) groups is 1. The smallest absolute Gasteiger partial charge is 0.330 e. The first-order valence-electron chi connectivity index (χ1n) is 5.43. The van der Waals surface area contributed by atoms with E-state index in [9.17, 15) is 4.79 Å². The number of hydrogen-bond acceptors (Lipinski definition) is 4. The minimum absolute atomic E-state index is 0.231. The molecule has 0 atom stereocenters. The Morgan fingerprint density at radius 2 is 2.07 bits per heavy atom. The molecule has 1 aliphatic heterocycles. The molecule has 1 saturated heterocycles. The van der Waals surface area contributed by atoms with Crippen molar-refractivity contribution in [2.75, 3.05) is 39.3 Å². The van der Waals surface area contributed by atoms with Crippen molar-refractivity contribution in [1.82, 2.24) is 10.2 Å². The van der Waals surface area contributed by atoms with E-state index in [0.29, 0.717) is 6.61 Å². The Morgan fingerprint density at radius 3 is 2.67 bits per heavy atom. The first-order valence-corrected chi connectivity index (χ1v) is 5.43. The van der Waals surface area contributed by atoms with E-state index in [0.717, 1.165) is 38.3 Å². The van der Waals surface area contributed by atoms with Crippen LogP contribution in [0.2, 0.25) is 0 Å². The zero-order valence-corrected chi connectivity index (χ0v) is 9.58. The molecule has 1 N–H and O–H groups in total. The van der Waals surface area contributed by atoms with E-state index in [4.69, 9.17) is 4.74 Å². The summed E-state index contributed by atoms with van der Waals surface area (Å²) < 4.78 is 5.08. The van der Waals surface area contributed by atoms with Crippen LogP contribution in [0, 0.1) is 0 Å². The number of nitrogens with one attached hydrogen (secondary N) is 1. The van der Waals surface area contributed by atoms with Crippen molar-refractivity contribution < 1.29 is 9.53 Å².